The number of likely N-dealkylation sites (tertiary alicyclic amines) is 1. The Labute approximate surface area is 135 Å². The fourth-order valence-electron chi connectivity index (χ4n) is 2.64. The molecule has 0 spiro atoms. The molecule has 2 aromatic carbocycles. The average molecular weight is 312 g/mol. The van der Waals surface area contributed by atoms with Gasteiger partial charge in [0.25, 0.3) is 0 Å². The number of carboxylic acid groups (broad SMARTS) is 1. The molecule has 2 N–H and O–H groups in total. The molecule has 1 saturated heterocycles. The zero-order valence-corrected chi connectivity index (χ0v) is 13.0. The lowest BCUT2D eigenvalue weighted by Gasteiger charge is -2.39. The molecule has 1 fully saturated rings. The zero-order chi connectivity index (χ0) is 16.2. The first-order chi connectivity index (χ1) is 11.1. The highest BCUT2D eigenvalue weighted by Crippen LogP contribution is 2.24. The van der Waals surface area contributed by atoms with Crippen LogP contribution in [-0.4, -0.2) is 35.2 Å². The van der Waals surface area contributed by atoms with Gasteiger partial charge in [-0.25, -0.2) is 4.79 Å². The van der Waals surface area contributed by atoms with E-state index in [2.05, 4.69) is 12.2 Å². The van der Waals surface area contributed by atoms with Crippen molar-refractivity contribution in [3.63, 3.8) is 0 Å². The number of benzene rings is 2. The van der Waals surface area contributed by atoms with Crippen molar-refractivity contribution in [2.75, 3.05) is 13.1 Å². The van der Waals surface area contributed by atoms with E-state index in [0.717, 1.165) is 17.1 Å². The van der Waals surface area contributed by atoms with Crippen LogP contribution in [0.1, 0.15) is 18.5 Å². The molecule has 1 amide bonds. The Morgan fingerprint density at radius 3 is 2.35 bits per heavy atom. The minimum atomic E-state index is -0.849. The Bertz CT molecular complexity index is 652. The largest absolute Gasteiger partial charge is 0.465 e. The maximum absolute atomic E-state index is 10.8. The molecule has 0 saturated carbocycles. The van der Waals surface area contributed by atoms with Crippen LogP contribution in [0.2, 0.25) is 0 Å². The number of nitrogens with zero attached hydrogens (tertiary/aromatic N) is 1. The van der Waals surface area contributed by atoms with Crippen LogP contribution in [0.25, 0.3) is 0 Å². The van der Waals surface area contributed by atoms with E-state index in [1.165, 1.54) is 4.90 Å². The monoisotopic (exact) mass is 312 g/mol. The minimum Gasteiger partial charge on any atom is -0.465 e. The van der Waals surface area contributed by atoms with Crippen molar-refractivity contribution in [2.24, 2.45) is 0 Å². The summed E-state index contributed by atoms with van der Waals surface area (Å²) in [5, 5.41) is 12.3. The van der Waals surface area contributed by atoms with E-state index in [0.29, 0.717) is 13.1 Å². The molecule has 120 valence electrons. The molecule has 1 aliphatic heterocycles. The Morgan fingerprint density at radius 2 is 1.74 bits per heavy atom. The predicted molar refractivity (Wildman–Crippen MR) is 87.9 cm³/mol. The lowest BCUT2D eigenvalue weighted by Crippen LogP contribution is -2.59. The van der Waals surface area contributed by atoms with Gasteiger partial charge in [0.2, 0.25) is 0 Å². The molecule has 1 unspecified atom stereocenters. The number of rotatable bonds is 5. The summed E-state index contributed by atoms with van der Waals surface area (Å²) in [4.78, 5) is 12.2. The van der Waals surface area contributed by atoms with Gasteiger partial charge in [0.1, 0.15) is 11.5 Å². The van der Waals surface area contributed by atoms with Crippen LogP contribution in [0.15, 0.2) is 54.6 Å². The molecule has 1 aliphatic rings. The second kappa shape index (κ2) is 6.71. The summed E-state index contributed by atoms with van der Waals surface area (Å²) in [6.07, 6.45) is -0.849. The molecule has 5 heteroatoms. The molecule has 5 nitrogen and oxygen atoms in total. The normalized spacial score (nSPS) is 15.8. The third-order valence-electron chi connectivity index (χ3n) is 4.00. The number of nitrogens with one attached hydrogen (secondary N) is 1. The van der Waals surface area contributed by atoms with Gasteiger partial charge in [-0.1, -0.05) is 30.3 Å². The van der Waals surface area contributed by atoms with Gasteiger partial charge >= 0.3 is 6.09 Å². The highest BCUT2D eigenvalue weighted by molar-refractivity contribution is 5.66. The highest BCUT2D eigenvalue weighted by atomic mass is 16.5. The van der Waals surface area contributed by atoms with E-state index in [1.54, 1.807) is 0 Å². The Morgan fingerprint density at radius 1 is 1.13 bits per heavy atom. The summed E-state index contributed by atoms with van der Waals surface area (Å²) < 4.78 is 5.77. The number of ether oxygens (including phenoxy) is 1. The maximum Gasteiger partial charge on any atom is 0.407 e. The Kier molecular flexibility index (Phi) is 4.48. The van der Waals surface area contributed by atoms with Crippen LogP contribution in [0.4, 0.5) is 4.79 Å². The molecule has 0 aromatic heterocycles. The first-order valence-electron chi connectivity index (χ1n) is 7.68. The highest BCUT2D eigenvalue weighted by Gasteiger charge is 2.31. The molecule has 1 heterocycles. The van der Waals surface area contributed by atoms with E-state index in [-0.39, 0.29) is 12.1 Å². The maximum atomic E-state index is 10.8. The molecular formula is C18H20N2O3. The third-order valence-corrected chi connectivity index (χ3v) is 4.00. The summed E-state index contributed by atoms with van der Waals surface area (Å²) in [6, 6.07) is 18.0. The molecule has 3 rings (SSSR count). The molecule has 0 aliphatic carbocycles. The van der Waals surface area contributed by atoms with Crippen molar-refractivity contribution in [3.8, 4) is 11.5 Å². The van der Waals surface area contributed by atoms with Gasteiger partial charge in [-0.15, -0.1) is 0 Å². The summed E-state index contributed by atoms with van der Waals surface area (Å²) >= 11 is 0. The lowest BCUT2D eigenvalue weighted by atomic mass is 10.0. The number of para-hydroxylation sites is 1. The molecular weight excluding hydrogens is 292 g/mol. The van der Waals surface area contributed by atoms with Crippen molar-refractivity contribution in [1.82, 2.24) is 10.2 Å². The summed E-state index contributed by atoms with van der Waals surface area (Å²) in [5.74, 6) is 1.61. The van der Waals surface area contributed by atoms with Crippen LogP contribution >= 0.6 is 0 Å². The summed E-state index contributed by atoms with van der Waals surface area (Å²) in [6.45, 7) is 3.18. The van der Waals surface area contributed by atoms with Crippen molar-refractivity contribution in [3.05, 3.63) is 60.2 Å². The Balaban J connectivity index is 1.54. The molecule has 1 atom stereocenters. The first kappa shape index (κ1) is 15.4. The summed E-state index contributed by atoms with van der Waals surface area (Å²) in [7, 11) is 0. The van der Waals surface area contributed by atoms with Crippen molar-refractivity contribution in [2.45, 2.75) is 19.0 Å². The van der Waals surface area contributed by atoms with E-state index in [9.17, 15) is 4.79 Å². The van der Waals surface area contributed by atoms with Crippen LogP contribution in [0, 0.1) is 0 Å². The second-order valence-electron chi connectivity index (χ2n) is 5.76. The van der Waals surface area contributed by atoms with Crippen molar-refractivity contribution < 1.29 is 14.6 Å². The van der Waals surface area contributed by atoms with Gasteiger partial charge < -0.3 is 20.1 Å². The van der Waals surface area contributed by atoms with Gasteiger partial charge in [-0.3, -0.25) is 0 Å². The van der Waals surface area contributed by atoms with Gasteiger partial charge in [0.15, 0.2) is 0 Å². The van der Waals surface area contributed by atoms with Gasteiger partial charge in [-0.2, -0.15) is 0 Å². The fourth-order valence-corrected chi connectivity index (χ4v) is 2.64. The van der Waals surface area contributed by atoms with Gasteiger partial charge in [0, 0.05) is 25.2 Å². The van der Waals surface area contributed by atoms with Gasteiger partial charge in [0.05, 0.1) is 0 Å². The predicted octanol–water partition coefficient (Wildman–Crippen LogP) is 3.49. The van der Waals surface area contributed by atoms with Crippen molar-refractivity contribution >= 4 is 6.09 Å². The number of amides is 1. The van der Waals surface area contributed by atoms with Crippen LogP contribution in [0.3, 0.4) is 0 Å². The van der Waals surface area contributed by atoms with Crippen LogP contribution in [-0.2, 0) is 0 Å². The fraction of sp³-hybridized carbons (Fsp3) is 0.278. The van der Waals surface area contributed by atoms with Crippen LogP contribution in [0.5, 0.6) is 11.5 Å². The molecule has 2 aromatic rings. The van der Waals surface area contributed by atoms with E-state index in [1.807, 2.05) is 54.6 Å². The topological polar surface area (TPSA) is 61.8 Å². The second-order valence-corrected chi connectivity index (χ2v) is 5.76. The quantitative estimate of drug-likeness (QED) is 0.887. The molecule has 23 heavy (non-hydrogen) atoms. The third kappa shape index (κ3) is 3.81. The number of hydrogen-bond acceptors (Lipinski definition) is 3. The molecule has 0 radical (unpaired) electrons. The van der Waals surface area contributed by atoms with Crippen molar-refractivity contribution in [1.29, 1.82) is 0 Å². The Hall–Kier alpha value is -2.53. The SMILES string of the molecule is CC(NC1CN(C(=O)O)C1)c1ccc(Oc2ccccc2)cc1. The van der Waals surface area contributed by atoms with Crippen LogP contribution < -0.4 is 10.1 Å². The number of hydrogen-bond donors (Lipinski definition) is 2. The van der Waals surface area contributed by atoms with Gasteiger partial charge in [-0.05, 0) is 36.8 Å². The first-order valence-corrected chi connectivity index (χ1v) is 7.68. The lowest BCUT2D eigenvalue weighted by molar-refractivity contribution is 0.0926. The zero-order valence-electron chi connectivity index (χ0n) is 13.0. The smallest absolute Gasteiger partial charge is 0.407 e. The minimum absolute atomic E-state index is 0.168. The number of carbonyl (C=O) groups is 1. The summed E-state index contributed by atoms with van der Waals surface area (Å²) in [5.41, 5.74) is 1.15. The average Bonchev–Trinajstić information content (AvgIpc) is 2.51. The standard InChI is InChI=1S/C18H20N2O3/c1-13(19-15-11-20(12-15)18(21)22)14-7-9-17(10-8-14)23-16-5-3-2-4-6-16/h2-10,13,15,19H,11-12H2,1H3,(H,21,22). The van der Waals surface area contributed by atoms with E-state index in [4.69, 9.17) is 9.84 Å². The molecule has 0 bridgehead atoms. The van der Waals surface area contributed by atoms with E-state index < -0.39 is 6.09 Å². The van der Waals surface area contributed by atoms with E-state index >= 15 is 0 Å².